The summed E-state index contributed by atoms with van der Waals surface area (Å²) in [7, 11) is 0. The maximum absolute atomic E-state index is 3.75. The van der Waals surface area contributed by atoms with Crippen LogP contribution in [0.1, 0.15) is 64.7 Å². The van der Waals surface area contributed by atoms with Gasteiger partial charge in [0.1, 0.15) is 0 Å². The van der Waals surface area contributed by atoms with Gasteiger partial charge in [0.25, 0.3) is 0 Å². The molecule has 0 aromatic rings. The third kappa shape index (κ3) is 3.96. The van der Waals surface area contributed by atoms with Crippen LogP contribution < -0.4 is 10.6 Å². The molecule has 1 heterocycles. The maximum atomic E-state index is 3.75. The zero-order chi connectivity index (χ0) is 12.0. The predicted octanol–water partition coefficient (Wildman–Crippen LogP) is 3.08. The molecular weight excluding hydrogens is 208 g/mol. The third-order valence-electron chi connectivity index (χ3n) is 4.97. The normalized spacial score (nSPS) is 29.1. The third-order valence-corrected chi connectivity index (χ3v) is 4.97. The molecule has 0 spiro atoms. The number of hydrogen-bond acceptors (Lipinski definition) is 2. The smallest absolute Gasteiger partial charge is 0.0192 e. The number of hydrogen-bond donors (Lipinski definition) is 2. The number of nitrogens with one attached hydrogen (secondary N) is 2. The molecule has 2 nitrogen and oxygen atoms in total. The molecule has 2 heteroatoms. The molecule has 0 aromatic heterocycles. The average Bonchev–Trinajstić information content (AvgIpc) is 2.67. The molecule has 2 fully saturated rings. The van der Waals surface area contributed by atoms with Crippen LogP contribution in [0.4, 0.5) is 0 Å². The second kappa shape index (κ2) is 6.75. The van der Waals surface area contributed by atoms with Gasteiger partial charge in [0.2, 0.25) is 0 Å². The lowest BCUT2D eigenvalue weighted by Gasteiger charge is -2.29. The van der Waals surface area contributed by atoms with E-state index in [1.54, 1.807) is 0 Å². The Kier molecular flexibility index (Phi) is 5.30. The lowest BCUT2D eigenvalue weighted by atomic mass is 9.83. The fourth-order valence-corrected chi connectivity index (χ4v) is 3.57. The van der Waals surface area contributed by atoms with Crippen molar-refractivity contribution in [2.24, 2.45) is 5.41 Å². The highest BCUT2D eigenvalue weighted by molar-refractivity contribution is 4.86. The Labute approximate surface area is 107 Å². The van der Waals surface area contributed by atoms with Crippen molar-refractivity contribution in [2.45, 2.75) is 70.8 Å². The fraction of sp³-hybridized carbons (Fsp3) is 1.00. The van der Waals surface area contributed by atoms with Crippen molar-refractivity contribution in [3.63, 3.8) is 0 Å². The molecule has 2 aliphatic rings. The Hall–Kier alpha value is -0.0800. The summed E-state index contributed by atoms with van der Waals surface area (Å²) in [6.45, 7) is 6.03. The van der Waals surface area contributed by atoms with Crippen LogP contribution >= 0.6 is 0 Å². The highest BCUT2D eigenvalue weighted by atomic mass is 15.0. The molecule has 1 unspecified atom stereocenters. The topological polar surface area (TPSA) is 24.1 Å². The molecule has 2 rings (SSSR count). The highest BCUT2D eigenvalue weighted by Gasteiger charge is 2.31. The standard InChI is InChI=1S/C15H30N2/c1-2-15(9-5-6-10-15)13-16-12-14-8-4-3-7-11-17-14/h14,16-17H,2-13H2,1H3. The minimum Gasteiger partial charge on any atom is -0.315 e. The van der Waals surface area contributed by atoms with Crippen LogP contribution in [0.3, 0.4) is 0 Å². The van der Waals surface area contributed by atoms with Crippen LogP contribution in [0.25, 0.3) is 0 Å². The quantitative estimate of drug-likeness (QED) is 0.769. The Morgan fingerprint density at radius 2 is 1.94 bits per heavy atom. The first kappa shape index (κ1) is 13.4. The SMILES string of the molecule is CCC1(CNCC2CCCCCN2)CCCC1. The van der Waals surface area contributed by atoms with Gasteiger partial charge in [0.05, 0.1) is 0 Å². The largest absolute Gasteiger partial charge is 0.315 e. The van der Waals surface area contributed by atoms with Gasteiger partial charge in [0, 0.05) is 19.1 Å². The summed E-state index contributed by atoms with van der Waals surface area (Å²) >= 11 is 0. The molecule has 17 heavy (non-hydrogen) atoms. The summed E-state index contributed by atoms with van der Waals surface area (Å²) in [5.41, 5.74) is 0.644. The molecule has 1 aliphatic heterocycles. The van der Waals surface area contributed by atoms with E-state index in [4.69, 9.17) is 0 Å². The van der Waals surface area contributed by atoms with Crippen molar-refractivity contribution in [1.82, 2.24) is 10.6 Å². The van der Waals surface area contributed by atoms with Gasteiger partial charge in [-0.2, -0.15) is 0 Å². The van der Waals surface area contributed by atoms with Crippen LogP contribution in [-0.2, 0) is 0 Å². The Bertz CT molecular complexity index is 201. The van der Waals surface area contributed by atoms with Crippen molar-refractivity contribution in [3.05, 3.63) is 0 Å². The molecule has 0 bridgehead atoms. The molecule has 1 atom stereocenters. The lowest BCUT2D eigenvalue weighted by Crippen LogP contribution is -2.41. The van der Waals surface area contributed by atoms with Crippen molar-refractivity contribution in [2.75, 3.05) is 19.6 Å². The Morgan fingerprint density at radius 3 is 2.71 bits per heavy atom. The Morgan fingerprint density at radius 1 is 1.12 bits per heavy atom. The van der Waals surface area contributed by atoms with Gasteiger partial charge in [-0.05, 0) is 44.1 Å². The monoisotopic (exact) mass is 238 g/mol. The minimum absolute atomic E-state index is 0.644. The minimum atomic E-state index is 0.644. The van der Waals surface area contributed by atoms with Crippen molar-refractivity contribution in [3.8, 4) is 0 Å². The van der Waals surface area contributed by atoms with E-state index in [-0.39, 0.29) is 0 Å². The molecule has 1 saturated carbocycles. The summed E-state index contributed by atoms with van der Waals surface area (Å²) in [5.74, 6) is 0. The molecular formula is C15H30N2. The molecule has 1 saturated heterocycles. The lowest BCUT2D eigenvalue weighted by molar-refractivity contribution is 0.263. The average molecular weight is 238 g/mol. The molecule has 100 valence electrons. The van der Waals surface area contributed by atoms with E-state index < -0.39 is 0 Å². The first-order valence-electron chi connectivity index (χ1n) is 7.79. The molecule has 0 radical (unpaired) electrons. The van der Waals surface area contributed by atoms with Gasteiger partial charge < -0.3 is 10.6 Å². The van der Waals surface area contributed by atoms with E-state index in [1.807, 2.05) is 0 Å². The molecule has 0 aromatic carbocycles. The maximum Gasteiger partial charge on any atom is 0.0192 e. The number of rotatable bonds is 5. The van der Waals surface area contributed by atoms with Crippen LogP contribution in [-0.4, -0.2) is 25.7 Å². The summed E-state index contributed by atoms with van der Waals surface area (Å²) in [5, 5.41) is 7.43. The van der Waals surface area contributed by atoms with Gasteiger partial charge in [-0.15, -0.1) is 0 Å². The summed E-state index contributed by atoms with van der Waals surface area (Å²) in [6.07, 6.45) is 12.7. The van der Waals surface area contributed by atoms with Crippen LogP contribution in [0.2, 0.25) is 0 Å². The fourth-order valence-electron chi connectivity index (χ4n) is 3.57. The zero-order valence-corrected chi connectivity index (χ0v) is 11.6. The van der Waals surface area contributed by atoms with Crippen molar-refractivity contribution >= 4 is 0 Å². The van der Waals surface area contributed by atoms with Gasteiger partial charge in [-0.3, -0.25) is 0 Å². The molecule has 0 amide bonds. The van der Waals surface area contributed by atoms with E-state index in [1.165, 1.54) is 77.4 Å². The molecule has 2 N–H and O–H groups in total. The van der Waals surface area contributed by atoms with E-state index in [0.29, 0.717) is 5.41 Å². The first-order valence-corrected chi connectivity index (χ1v) is 7.79. The van der Waals surface area contributed by atoms with E-state index in [2.05, 4.69) is 17.6 Å². The van der Waals surface area contributed by atoms with Gasteiger partial charge in [0.15, 0.2) is 0 Å². The van der Waals surface area contributed by atoms with E-state index in [9.17, 15) is 0 Å². The Balaban J connectivity index is 1.67. The second-order valence-corrected chi connectivity index (χ2v) is 6.19. The van der Waals surface area contributed by atoms with Crippen LogP contribution in [0, 0.1) is 5.41 Å². The van der Waals surface area contributed by atoms with E-state index in [0.717, 1.165) is 6.04 Å². The first-order chi connectivity index (χ1) is 8.35. The zero-order valence-electron chi connectivity index (χ0n) is 11.6. The van der Waals surface area contributed by atoms with Crippen LogP contribution in [0.5, 0.6) is 0 Å². The summed E-state index contributed by atoms with van der Waals surface area (Å²) in [4.78, 5) is 0. The van der Waals surface area contributed by atoms with Crippen molar-refractivity contribution < 1.29 is 0 Å². The predicted molar refractivity (Wildman–Crippen MR) is 74.3 cm³/mol. The summed E-state index contributed by atoms with van der Waals surface area (Å²) in [6, 6.07) is 0.729. The van der Waals surface area contributed by atoms with E-state index >= 15 is 0 Å². The van der Waals surface area contributed by atoms with Gasteiger partial charge in [-0.1, -0.05) is 32.6 Å². The van der Waals surface area contributed by atoms with Gasteiger partial charge >= 0.3 is 0 Å². The van der Waals surface area contributed by atoms with Gasteiger partial charge in [-0.25, -0.2) is 0 Å². The van der Waals surface area contributed by atoms with Crippen molar-refractivity contribution in [1.29, 1.82) is 0 Å². The van der Waals surface area contributed by atoms with Crippen LogP contribution in [0.15, 0.2) is 0 Å². The highest BCUT2D eigenvalue weighted by Crippen LogP contribution is 2.40. The molecule has 1 aliphatic carbocycles. The second-order valence-electron chi connectivity index (χ2n) is 6.19. The summed E-state index contributed by atoms with van der Waals surface area (Å²) < 4.78 is 0.